The van der Waals surface area contributed by atoms with Gasteiger partial charge >= 0.3 is 12.1 Å². The van der Waals surface area contributed by atoms with Crippen LogP contribution in [0, 0.1) is 0 Å². The second-order valence-electron chi connectivity index (χ2n) is 7.95. The van der Waals surface area contributed by atoms with Crippen LogP contribution >= 0.6 is 23.1 Å². The maximum Gasteiger partial charge on any atom is 0.511 e. The number of carbonyl (C=O) groups is 4. The fraction of sp³-hybridized carbons (Fsp3) is 0.524. The van der Waals surface area contributed by atoms with E-state index in [1.165, 1.54) is 43.2 Å². The lowest BCUT2D eigenvalue weighted by Crippen LogP contribution is -2.71. The number of rotatable bonds is 10. The monoisotopic (exact) mass is 557 g/mol. The molecule has 37 heavy (non-hydrogen) atoms. The lowest BCUT2D eigenvalue weighted by atomic mass is 10.0. The number of nitrogens with one attached hydrogen (secondary N) is 1. The van der Waals surface area contributed by atoms with Gasteiger partial charge < -0.3 is 34.8 Å². The van der Waals surface area contributed by atoms with Crippen molar-refractivity contribution in [2.24, 2.45) is 5.16 Å². The van der Waals surface area contributed by atoms with E-state index in [2.05, 4.69) is 15.5 Å². The highest BCUT2D eigenvalue weighted by Crippen LogP contribution is 2.41. The predicted molar refractivity (Wildman–Crippen MR) is 132 cm³/mol. The number of esters is 1. The van der Waals surface area contributed by atoms with Crippen molar-refractivity contribution < 1.29 is 43.0 Å². The average Bonchev–Trinajstić information content (AvgIpc) is 3.25. The first kappa shape index (κ1) is 28.2. The molecule has 0 aromatic carbocycles. The van der Waals surface area contributed by atoms with Crippen molar-refractivity contribution >= 4 is 57.9 Å². The molecule has 0 spiro atoms. The van der Waals surface area contributed by atoms with Gasteiger partial charge in [0.15, 0.2) is 10.8 Å². The van der Waals surface area contributed by atoms with Gasteiger partial charge in [-0.25, -0.2) is 14.6 Å². The number of thioether (sulfide) groups is 1. The third kappa shape index (κ3) is 6.50. The summed E-state index contributed by atoms with van der Waals surface area (Å²) in [4.78, 5) is 60.8. The standard InChI is InChI=1S/C21H27N5O9S2/c1-9(2)33-21(30)35-10(3)34-19(29)15-11(6-31-4)7-36-18-14(17(28)26(15)18)24-16(27)13(25-32-5)12-8-37-20(22)23-12/h8-10,14,18H,6-7H2,1-5H3,(H2,22,23)(H,24,27)/b25-13+/t10?,14-,18-/m1/s1. The number of oxime groups is 1. The van der Waals surface area contributed by atoms with Crippen molar-refractivity contribution in [2.75, 3.05) is 32.3 Å². The molecule has 3 rings (SSSR count). The van der Waals surface area contributed by atoms with Crippen LogP contribution in [0.15, 0.2) is 21.8 Å². The summed E-state index contributed by atoms with van der Waals surface area (Å²) in [6.07, 6.45) is -2.71. The Labute approximate surface area is 220 Å². The molecule has 2 aliphatic rings. The first-order valence-corrected chi connectivity index (χ1v) is 12.9. The van der Waals surface area contributed by atoms with Gasteiger partial charge in [0.2, 0.25) is 6.29 Å². The van der Waals surface area contributed by atoms with E-state index in [0.29, 0.717) is 11.3 Å². The molecule has 3 atom stereocenters. The van der Waals surface area contributed by atoms with Crippen LogP contribution in [-0.4, -0.2) is 89.9 Å². The van der Waals surface area contributed by atoms with Gasteiger partial charge in [-0.1, -0.05) is 5.16 Å². The van der Waals surface area contributed by atoms with Crippen molar-refractivity contribution in [3.05, 3.63) is 22.3 Å². The third-order valence-electron chi connectivity index (χ3n) is 4.88. The molecular formula is C21H27N5O9S2. The molecule has 14 nitrogen and oxygen atoms in total. The van der Waals surface area contributed by atoms with Gasteiger partial charge in [0.25, 0.3) is 11.8 Å². The summed E-state index contributed by atoms with van der Waals surface area (Å²) in [5.41, 5.74) is 6.15. The van der Waals surface area contributed by atoms with Crippen LogP contribution in [0.3, 0.4) is 0 Å². The molecule has 1 aromatic rings. The zero-order valence-electron chi connectivity index (χ0n) is 20.7. The van der Waals surface area contributed by atoms with E-state index >= 15 is 0 Å². The number of nitrogens with zero attached hydrogens (tertiary/aromatic N) is 3. The molecule has 1 saturated heterocycles. The van der Waals surface area contributed by atoms with E-state index < -0.39 is 47.7 Å². The minimum atomic E-state index is -1.28. The molecule has 16 heteroatoms. The van der Waals surface area contributed by atoms with E-state index in [0.717, 1.165) is 11.3 Å². The molecule has 0 bridgehead atoms. The Morgan fingerprint density at radius 2 is 1.97 bits per heavy atom. The Hall–Kier alpha value is -3.37. The van der Waals surface area contributed by atoms with Gasteiger partial charge in [-0.3, -0.25) is 14.5 Å². The lowest BCUT2D eigenvalue weighted by molar-refractivity contribution is -0.169. The molecule has 3 heterocycles. The molecule has 2 aliphatic heterocycles. The number of ether oxygens (including phenoxy) is 4. The number of fused-ring (bicyclic) bond motifs is 1. The second kappa shape index (κ2) is 12.2. The minimum Gasteiger partial charge on any atom is -0.431 e. The summed E-state index contributed by atoms with van der Waals surface area (Å²) < 4.78 is 20.2. The van der Waals surface area contributed by atoms with Gasteiger partial charge in [-0.2, -0.15) is 0 Å². The van der Waals surface area contributed by atoms with Crippen molar-refractivity contribution in [1.29, 1.82) is 0 Å². The van der Waals surface area contributed by atoms with Crippen LogP contribution in [0.5, 0.6) is 0 Å². The quantitative estimate of drug-likeness (QED) is 0.136. The number of nitrogen functional groups attached to an aromatic ring is 1. The molecule has 1 fully saturated rings. The molecule has 0 aliphatic carbocycles. The highest BCUT2D eigenvalue weighted by molar-refractivity contribution is 8.00. The molecular weight excluding hydrogens is 530 g/mol. The second-order valence-corrected chi connectivity index (χ2v) is 9.94. The fourth-order valence-corrected chi connectivity index (χ4v) is 5.32. The van der Waals surface area contributed by atoms with Gasteiger partial charge in [0.05, 0.1) is 12.7 Å². The summed E-state index contributed by atoms with van der Waals surface area (Å²) in [5, 5.41) is 7.49. The number of hydrogen-bond acceptors (Lipinski definition) is 14. The zero-order valence-corrected chi connectivity index (χ0v) is 22.3. The Balaban J connectivity index is 1.74. The first-order valence-electron chi connectivity index (χ1n) is 10.9. The molecule has 3 N–H and O–H groups in total. The Bertz CT molecular complexity index is 1120. The number of methoxy groups -OCH3 is 1. The predicted octanol–water partition coefficient (Wildman–Crippen LogP) is 0.827. The van der Waals surface area contributed by atoms with E-state index in [1.807, 2.05) is 0 Å². The molecule has 0 saturated carbocycles. The van der Waals surface area contributed by atoms with Gasteiger partial charge in [-0.05, 0) is 19.4 Å². The van der Waals surface area contributed by atoms with Crippen molar-refractivity contribution in [1.82, 2.24) is 15.2 Å². The summed E-state index contributed by atoms with van der Waals surface area (Å²) in [7, 11) is 2.71. The van der Waals surface area contributed by atoms with E-state index in [4.69, 9.17) is 29.5 Å². The van der Waals surface area contributed by atoms with Gasteiger partial charge in [-0.15, -0.1) is 23.1 Å². The van der Waals surface area contributed by atoms with Crippen LogP contribution < -0.4 is 11.1 Å². The normalized spacial score (nSPS) is 20.1. The average molecular weight is 558 g/mol. The van der Waals surface area contributed by atoms with Crippen LogP contribution in [-0.2, 0) is 38.2 Å². The number of β-lactam (4-membered cyclic amide) rings is 1. The van der Waals surface area contributed by atoms with E-state index in [-0.39, 0.29) is 28.8 Å². The summed E-state index contributed by atoms with van der Waals surface area (Å²) in [5.74, 6) is -1.81. The van der Waals surface area contributed by atoms with E-state index in [9.17, 15) is 19.2 Å². The number of thiazole rings is 1. The van der Waals surface area contributed by atoms with Crippen molar-refractivity contribution in [3.8, 4) is 0 Å². The summed E-state index contributed by atoms with van der Waals surface area (Å²) in [6, 6.07) is -0.961. The zero-order chi connectivity index (χ0) is 27.3. The maximum atomic E-state index is 13.1. The maximum absolute atomic E-state index is 13.1. The Morgan fingerprint density at radius 3 is 2.57 bits per heavy atom. The van der Waals surface area contributed by atoms with Crippen molar-refractivity contribution in [3.63, 3.8) is 0 Å². The Morgan fingerprint density at radius 1 is 1.24 bits per heavy atom. The molecule has 202 valence electrons. The third-order valence-corrected chi connectivity index (χ3v) is 6.89. The smallest absolute Gasteiger partial charge is 0.431 e. The molecule has 1 aromatic heterocycles. The topological polar surface area (TPSA) is 181 Å². The van der Waals surface area contributed by atoms with Crippen LogP contribution in [0.25, 0.3) is 0 Å². The number of hydrogen-bond donors (Lipinski definition) is 2. The fourth-order valence-electron chi connectivity index (χ4n) is 3.45. The summed E-state index contributed by atoms with van der Waals surface area (Å²) in [6.45, 7) is 4.68. The minimum absolute atomic E-state index is 0.0353. The number of amides is 2. The largest absolute Gasteiger partial charge is 0.511 e. The first-order chi connectivity index (χ1) is 17.6. The Kier molecular flexibility index (Phi) is 9.34. The summed E-state index contributed by atoms with van der Waals surface area (Å²) >= 11 is 2.45. The van der Waals surface area contributed by atoms with Gasteiger partial charge in [0.1, 0.15) is 29.9 Å². The number of anilines is 1. The molecule has 2 amide bonds. The highest BCUT2D eigenvalue weighted by Gasteiger charge is 2.55. The molecule has 0 radical (unpaired) electrons. The number of aromatic nitrogens is 1. The SMILES string of the molecule is COCC1=C(C(=O)OC(C)OC(=O)OC(C)C)N2C(=O)[C@@H](NC(=O)/C(=N/OC)c3csc(N)n3)[C@H]2SC1. The van der Waals surface area contributed by atoms with Gasteiger partial charge in [0, 0.05) is 25.2 Å². The number of nitrogens with two attached hydrogens (primary N) is 1. The van der Waals surface area contributed by atoms with Crippen LogP contribution in [0.4, 0.5) is 9.93 Å². The number of carbonyl (C=O) groups excluding carboxylic acids is 4. The van der Waals surface area contributed by atoms with Crippen LogP contribution in [0.1, 0.15) is 26.5 Å². The van der Waals surface area contributed by atoms with E-state index in [1.54, 1.807) is 13.8 Å². The van der Waals surface area contributed by atoms with Crippen LogP contribution in [0.2, 0.25) is 0 Å². The van der Waals surface area contributed by atoms with Crippen molar-refractivity contribution in [2.45, 2.75) is 44.6 Å². The lowest BCUT2D eigenvalue weighted by Gasteiger charge is -2.49. The highest BCUT2D eigenvalue weighted by atomic mass is 32.2. The molecule has 1 unspecified atom stereocenters.